The third kappa shape index (κ3) is 15.9. The molecule has 0 spiro atoms. The fourth-order valence-electron chi connectivity index (χ4n) is 4.25. The van der Waals surface area contributed by atoms with Gasteiger partial charge in [-0.25, -0.2) is 0 Å². The zero-order valence-corrected chi connectivity index (χ0v) is 22.0. The van der Waals surface area contributed by atoms with Gasteiger partial charge in [0.05, 0.1) is 19.7 Å². The number of ether oxygens (including phenoxy) is 1. The predicted octanol–water partition coefficient (Wildman–Crippen LogP) is 6.53. The molecule has 34 heavy (non-hydrogen) atoms. The van der Waals surface area contributed by atoms with Gasteiger partial charge in [-0.05, 0) is 36.2 Å². The van der Waals surface area contributed by atoms with E-state index in [1.54, 1.807) is 13.3 Å². The monoisotopic (exact) mass is 473 g/mol. The SMILES string of the molecule is CCCCCCCCCCCCCCCCC=CNC(=O)Cc1ccc(CC(N)N)c(OC)c1. The summed E-state index contributed by atoms with van der Waals surface area (Å²) in [5, 5.41) is 2.86. The second-order valence-electron chi connectivity index (χ2n) is 9.55. The normalized spacial score (nSPS) is 11.4. The highest BCUT2D eigenvalue weighted by Crippen LogP contribution is 2.21. The predicted molar refractivity (Wildman–Crippen MR) is 145 cm³/mol. The molecule has 0 aromatic heterocycles. The van der Waals surface area contributed by atoms with Crippen LogP contribution in [-0.2, 0) is 17.6 Å². The first-order valence-electron chi connectivity index (χ1n) is 13.7. The number of carbonyl (C=O) groups excluding carboxylic acids is 1. The molecule has 0 aliphatic heterocycles. The van der Waals surface area contributed by atoms with Crippen molar-refractivity contribution in [3.05, 3.63) is 41.6 Å². The Kier molecular flexibility index (Phi) is 18.2. The fraction of sp³-hybridized carbons (Fsp3) is 0.690. The summed E-state index contributed by atoms with van der Waals surface area (Å²) < 4.78 is 5.41. The number of amides is 1. The third-order valence-electron chi connectivity index (χ3n) is 6.26. The van der Waals surface area contributed by atoms with E-state index in [1.165, 1.54) is 89.9 Å². The van der Waals surface area contributed by atoms with Crippen molar-refractivity contribution in [2.45, 2.75) is 122 Å². The molecular formula is C29H51N3O2. The van der Waals surface area contributed by atoms with Gasteiger partial charge in [0.15, 0.2) is 0 Å². The van der Waals surface area contributed by atoms with Crippen molar-refractivity contribution in [3.63, 3.8) is 0 Å². The van der Waals surface area contributed by atoms with E-state index in [4.69, 9.17) is 16.2 Å². The highest BCUT2D eigenvalue weighted by Gasteiger charge is 2.09. The van der Waals surface area contributed by atoms with Gasteiger partial charge in [0.1, 0.15) is 5.75 Å². The number of nitrogens with two attached hydrogens (primary N) is 2. The molecule has 0 radical (unpaired) electrons. The van der Waals surface area contributed by atoms with Crippen molar-refractivity contribution in [3.8, 4) is 5.75 Å². The Labute approximate surface area is 209 Å². The highest BCUT2D eigenvalue weighted by atomic mass is 16.5. The van der Waals surface area contributed by atoms with Crippen molar-refractivity contribution in [2.24, 2.45) is 11.5 Å². The molecule has 0 saturated carbocycles. The van der Waals surface area contributed by atoms with Gasteiger partial charge in [-0.3, -0.25) is 4.79 Å². The fourth-order valence-corrected chi connectivity index (χ4v) is 4.25. The van der Waals surface area contributed by atoms with Crippen LogP contribution in [0.5, 0.6) is 5.75 Å². The van der Waals surface area contributed by atoms with E-state index in [-0.39, 0.29) is 5.91 Å². The van der Waals surface area contributed by atoms with Gasteiger partial charge in [-0.2, -0.15) is 0 Å². The lowest BCUT2D eigenvalue weighted by Crippen LogP contribution is -2.32. The Hall–Kier alpha value is -1.85. The van der Waals surface area contributed by atoms with Crippen LogP contribution < -0.4 is 21.5 Å². The molecule has 0 saturated heterocycles. The molecule has 1 rings (SSSR count). The van der Waals surface area contributed by atoms with Crippen molar-refractivity contribution in [1.82, 2.24) is 5.32 Å². The van der Waals surface area contributed by atoms with E-state index in [0.717, 1.165) is 23.3 Å². The van der Waals surface area contributed by atoms with Gasteiger partial charge in [0.25, 0.3) is 0 Å². The van der Waals surface area contributed by atoms with E-state index in [0.29, 0.717) is 12.8 Å². The molecule has 1 amide bonds. The van der Waals surface area contributed by atoms with Crippen molar-refractivity contribution >= 4 is 5.91 Å². The van der Waals surface area contributed by atoms with E-state index in [1.807, 2.05) is 18.2 Å². The molecule has 5 heteroatoms. The Morgan fingerprint density at radius 3 is 2.00 bits per heavy atom. The summed E-state index contributed by atoms with van der Waals surface area (Å²) in [6, 6.07) is 5.74. The van der Waals surface area contributed by atoms with Gasteiger partial charge in [0, 0.05) is 6.42 Å². The topological polar surface area (TPSA) is 90.4 Å². The number of nitrogens with one attached hydrogen (secondary N) is 1. The first kappa shape index (κ1) is 30.2. The zero-order chi connectivity index (χ0) is 24.9. The second kappa shape index (κ2) is 20.5. The second-order valence-corrected chi connectivity index (χ2v) is 9.55. The molecule has 0 fully saturated rings. The number of allylic oxidation sites excluding steroid dienone is 1. The molecule has 5 N–H and O–H groups in total. The summed E-state index contributed by atoms with van der Waals surface area (Å²) in [5.41, 5.74) is 13.2. The molecule has 1 aromatic rings. The van der Waals surface area contributed by atoms with Crippen LogP contribution in [-0.4, -0.2) is 19.2 Å². The largest absolute Gasteiger partial charge is 0.496 e. The summed E-state index contributed by atoms with van der Waals surface area (Å²) in [4.78, 5) is 12.2. The van der Waals surface area contributed by atoms with E-state index >= 15 is 0 Å². The molecule has 0 atom stereocenters. The average molecular weight is 474 g/mol. The van der Waals surface area contributed by atoms with Gasteiger partial charge in [-0.1, -0.05) is 109 Å². The van der Waals surface area contributed by atoms with E-state index in [9.17, 15) is 4.79 Å². The standard InChI is InChI=1S/C29H51N3O2/c1-3-4-5-6-7-8-9-10-11-12-13-14-15-16-17-18-21-32-29(33)23-25-19-20-26(24-28(30)31)27(22-25)34-2/h18-22,28H,3-17,23-24,30-31H2,1-2H3,(H,32,33). The van der Waals surface area contributed by atoms with E-state index < -0.39 is 6.17 Å². The number of benzene rings is 1. The van der Waals surface area contributed by atoms with Crippen LogP contribution in [0.2, 0.25) is 0 Å². The van der Waals surface area contributed by atoms with Gasteiger partial charge in [-0.15, -0.1) is 0 Å². The molecule has 0 bridgehead atoms. The smallest absolute Gasteiger partial charge is 0.228 e. The quantitative estimate of drug-likeness (QED) is 0.140. The number of hydrogen-bond donors (Lipinski definition) is 3. The maximum atomic E-state index is 12.2. The minimum absolute atomic E-state index is 0.0254. The molecule has 0 aliphatic carbocycles. The number of unbranched alkanes of at least 4 members (excludes halogenated alkanes) is 14. The summed E-state index contributed by atoms with van der Waals surface area (Å²) in [7, 11) is 1.62. The maximum Gasteiger partial charge on any atom is 0.228 e. The molecule has 0 aliphatic rings. The Morgan fingerprint density at radius 1 is 0.912 bits per heavy atom. The van der Waals surface area contributed by atoms with Crippen LogP contribution in [0.15, 0.2) is 30.5 Å². The number of methoxy groups -OCH3 is 1. The van der Waals surface area contributed by atoms with Crippen LogP contribution in [0, 0.1) is 0 Å². The molecular weight excluding hydrogens is 422 g/mol. The van der Waals surface area contributed by atoms with Crippen molar-refractivity contribution in [2.75, 3.05) is 7.11 Å². The summed E-state index contributed by atoms with van der Waals surface area (Å²) in [6.45, 7) is 2.28. The van der Waals surface area contributed by atoms with Crippen LogP contribution >= 0.6 is 0 Å². The van der Waals surface area contributed by atoms with Crippen LogP contribution in [0.1, 0.15) is 114 Å². The lowest BCUT2D eigenvalue weighted by Gasteiger charge is -2.12. The number of hydrogen-bond acceptors (Lipinski definition) is 4. The van der Waals surface area contributed by atoms with Gasteiger partial charge >= 0.3 is 0 Å². The van der Waals surface area contributed by atoms with Gasteiger partial charge < -0.3 is 21.5 Å². The maximum absolute atomic E-state index is 12.2. The first-order chi connectivity index (χ1) is 16.6. The molecule has 0 unspecified atom stereocenters. The molecule has 1 aromatic carbocycles. The zero-order valence-electron chi connectivity index (χ0n) is 22.0. The first-order valence-corrected chi connectivity index (χ1v) is 13.7. The van der Waals surface area contributed by atoms with Crippen molar-refractivity contribution < 1.29 is 9.53 Å². The lowest BCUT2D eigenvalue weighted by molar-refractivity contribution is -0.119. The van der Waals surface area contributed by atoms with E-state index in [2.05, 4.69) is 18.3 Å². The summed E-state index contributed by atoms with van der Waals surface area (Å²) in [6.07, 6.45) is 24.5. The van der Waals surface area contributed by atoms with Crippen LogP contribution in [0.25, 0.3) is 0 Å². The van der Waals surface area contributed by atoms with Crippen LogP contribution in [0.4, 0.5) is 0 Å². The Bertz CT molecular complexity index is 673. The highest BCUT2D eigenvalue weighted by molar-refractivity contribution is 5.79. The number of rotatable bonds is 21. The minimum Gasteiger partial charge on any atom is -0.496 e. The summed E-state index contributed by atoms with van der Waals surface area (Å²) >= 11 is 0. The van der Waals surface area contributed by atoms with Crippen molar-refractivity contribution in [1.29, 1.82) is 0 Å². The average Bonchev–Trinajstić information content (AvgIpc) is 2.81. The number of carbonyl (C=O) groups is 1. The Morgan fingerprint density at radius 2 is 1.47 bits per heavy atom. The molecule has 194 valence electrons. The summed E-state index contributed by atoms with van der Waals surface area (Å²) in [5.74, 6) is 0.696. The molecule has 5 nitrogen and oxygen atoms in total. The Balaban J connectivity index is 2.01. The minimum atomic E-state index is -0.423. The van der Waals surface area contributed by atoms with Gasteiger partial charge in [0.2, 0.25) is 5.91 Å². The molecule has 0 heterocycles. The van der Waals surface area contributed by atoms with Crippen LogP contribution in [0.3, 0.4) is 0 Å². The lowest BCUT2D eigenvalue weighted by atomic mass is 10.0. The third-order valence-corrected chi connectivity index (χ3v) is 6.26.